The van der Waals surface area contributed by atoms with Crippen LogP contribution in [0.25, 0.3) is 0 Å². The Morgan fingerprint density at radius 2 is 2.17 bits per heavy atom. The lowest BCUT2D eigenvalue weighted by molar-refractivity contribution is -0.645. The van der Waals surface area contributed by atoms with Gasteiger partial charge in [-0.05, 0) is 36.9 Å². The van der Waals surface area contributed by atoms with E-state index < -0.39 is 10.8 Å². The number of nitro groups is 1. The summed E-state index contributed by atoms with van der Waals surface area (Å²) in [6.07, 6.45) is 1.33. The van der Waals surface area contributed by atoms with Crippen molar-refractivity contribution < 1.29 is 19.2 Å². The van der Waals surface area contributed by atoms with Gasteiger partial charge >= 0.3 is 0 Å². The Kier molecular flexibility index (Phi) is 5.96. The summed E-state index contributed by atoms with van der Waals surface area (Å²) in [4.78, 5) is 22.5. The van der Waals surface area contributed by atoms with Gasteiger partial charge in [-0.2, -0.15) is 4.73 Å². The summed E-state index contributed by atoms with van der Waals surface area (Å²) in [5.74, 6) is -0.138. The number of aromatic nitrogens is 1. The van der Waals surface area contributed by atoms with E-state index in [9.17, 15) is 20.1 Å². The van der Waals surface area contributed by atoms with E-state index in [1.54, 1.807) is 31.2 Å². The van der Waals surface area contributed by atoms with Gasteiger partial charge < -0.3 is 15.3 Å². The maximum Gasteiger partial charge on any atom is 0.296 e. The van der Waals surface area contributed by atoms with Crippen LogP contribution >= 0.6 is 11.8 Å². The molecule has 126 valence electrons. The first-order valence-electron chi connectivity index (χ1n) is 7.03. The quantitative estimate of drug-likeness (QED) is 0.270. The number of thioether (sulfide) groups is 1. The summed E-state index contributed by atoms with van der Waals surface area (Å²) in [7, 11) is 0. The Balaban J connectivity index is 2.05. The van der Waals surface area contributed by atoms with E-state index in [0.29, 0.717) is 22.1 Å². The Hall–Kier alpha value is -2.81. The zero-order valence-corrected chi connectivity index (χ0v) is 13.6. The van der Waals surface area contributed by atoms with Gasteiger partial charge in [-0.1, -0.05) is 0 Å². The van der Waals surface area contributed by atoms with Crippen LogP contribution in [0.2, 0.25) is 0 Å². The molecule has 0 unspecified atom stereocenters. The van der Waals surface area contributed by atoms with Crippen molar-refractivity contribution in [2.75, 3.05) is 17.7 Å². The molecule has 0 saturated heterocycles. The van der Waals surface area contributed by atoms with E-state index in [4.69, 9.17) is 4.74 Å². The van der Waals surface area contributed by atoms with Crippen LogP contribution in [-0.2, 0) is 4.79 Å². The van der Waals surface area contributed by atoms with Crippen LogP contribution in [0.1, 0.15) is 6.92 Å². The molecule has 8 nitrogen and oxygen atoms in total. The Bertz CT molecular complexity index is 754. The van der Waals surface area contributed by atoms with Crippen LogP contribution in [0.3, 0.4) is 0 Å². The van der Waals surface area contributed by atoms with Crippen molar-refractivity contribution in [3.05, 3.63) is 57.9 Å². The number of ether oxygens (including phenoxy) is 1. The fourth-order valence-corrected chi connectivity index (χ4v) is 2.59. The number of nitrogens with one attached hydrogen (secondary N) is 1. The number of carbonyl (C=O) groups is 1. The Labute approximate surface area is 142 Å². The van der Waals surface area contributed by atoms with Crippen molar-refractivity contribution in [1.29, 1.82) is 0 Å². The molecule has 1 amide bonds. The van der Waals surface area contributed by atoms with E-state index in [1.165, 1.54) is 18.3 Å². The summed E-state index contributed by atoms with van der Waals surface area (Å²) in [5.41, 5.74) is -0.171. The summed E-state index contributed by atoms with van der Waals surface area (Å²) in [6.45, 7) is 2.15. The lowest BCUT2D eigenvalue weighted by Crippen LogP contribution is -2.28. The molecule has 0 aliphatic heterocycles. The largest absolute Gasteiger partial charge is 0.618 e. The molecule has 24 heavy (non-hydrogen) atoms. The van der Waals surface area contributed by atoms with Gasteiger partial charge in [0.05, 0.1) is 23.3 Å². The predicted molar refractivity (Wildman–Crippen MR) is 89.0 cm³/mol. The SMILES string of the molecule is CCOc1ccc(NC(=O)CSc2cccc[n+]2[O-])c([N+](=O)[O-])c1. The molecule has 2 rings (SSSR count). The van der Waals surface area contributed by atoms with E-state index in [2.05, 4.69) is 5.32 Å². The summed E-state index contributed by atoms with van der Waals surface area (Å²) >= 11 is 1.04. The minimum atomic E-state index is -0.589. The summed E-state index contributed by atoms with van der Waals surface area (Å²) in [5, 5.41) is 25.5. The first-order chi connectivity index (χ1) is 11.5. The van der Waals surface area contributed by atoms with Gasteiger partial charge in [-0.15, -0.1) is 0 Å². The minimum absolute atomic E-state index is 0.0450. The normalized spacial score (nSPS) is 10.2. The topological polar surface area (TPSA) is 108 Å². The predicted octanol–water partition coefficient (Wildman–Crippen LogP) is 2.36. The number of hydrogen-bond donors (Lipinski definition) is 1. The van der Waals surface area contributed by atoms with Crippen LogP contribution in [0, 0.1) is 15.3 Å². The Morgan fingerprint density at radius 3 is 2.83 bits per heavy atom. The van der Waals surface area contributed by atoms with Gasteiger partial charge in [0.2, 0.25) is 5.91 Å². The lowest BCUT2D eigenvalue weighted by Gasteiger charge is -2.08. The molecule has 0 radical (unpaired) electrons. The average molecular weight is 349 g/mol. The molecule has 1 N–H and O–H groups in total. The molecule has 0 bridgehead atoms. The molecule has 9 heteroatoms. The first kappa shape index (κ1) is 17.5. The van der Waals surface area contributed by atoms with Gasteiger partial charge in [0.25, 0.3) is 10.7 Å². The van der Waals surface area contributed by atoms with Gasteiger partial charge in [-0.25, -0.2) is 0 Å². The fourth-order valence-electron chi connectivity index (χ4n) is 1.87. The summed E-state index contributed by atoms with van der Waals surface area (Å²) in [6, 6.07) is 9.08. The third kappa shape index (κ3) is 4.59. The smallest absolute Gasteiger partial charge is 0.296 e. The van der Waals surface area contributed by atoms with Crippen molar-refractivity contribution in [1.82, 2.24) is 0 Å². The molecule has 0 aliphatic carbocycles. The van der Waals surface area contributed by atoms with Gasteiger partial charge in [0, 0.05) is 12.1 Å². The molecule has 1 aromatic carbocycles. The molecule has 2 aromatic rings. The van der Waals surface area contributed by atoms with Gasteiger partial charge in [-0.3, -0.25) is 14.9 Å². The van der Waals surface area contributed by atoms with Crippen LogP contribution in [0.4, 0.5) is 11.4 Å². The molecule has 0 spiro atoms. The third-order valence-electron chi connectivity index (χ3n) is 2.89. The number of carbonyl (C=O) groups excluding carboxylic acids is 1. The average Bonchev–Trinajstić information content (AvgIpc) is 2.55. The molecule has 0 fully saturated rings. The second kappa shape index (κ2) is 8.16. The maximum atomic E-state index is 12.0. The highest BCUT2D eigenvalue weighted by Crippen LogP contribution is 2.29. The third-order valence-corrected chi connectivity index (χ3v) is 3.91. The fraction of sp³-hybridized carbons (Fsp3) is 0.200. The highest BCUT2D eigenvalue weighted by Gasteiger charge is 2.18. The van der Waals surface area contributed by atoms with Crippen molar-refractivity contribution in [3.8, 4) is 5.75 Å². The van der Waals surface area contributed by atoms with Crippen LogP contribution in [0.5, 0.6) is 5.75 Å². The number of benzene rings is 1. The van der Waals surface area contributed by atoms with E-state index >= 15 is 0 Å². The number of rotatable bonds is 7. The molecule has 1 aromatic heterocycles. The number of nitrogens with zero attached hydrogens (tertiary/aromatic N) is 2. The molecule has 1 heterocycles. The van der Waals surface area contributed by atoms with Gasteiger partial charge in [0.15, 0.2) is 6.20 Å². The van der Waals surface area contributed by atoms with Crippen molar-refractivity contribution >= 4 is 29.0 Å². The van der Waals surface area contributed by atoms with E-state index in [-0.39, 0.29) is 17.1 Å². The molecule has 0 atom stereocenters. The lowest BCUT2D eigenvalue weighted by atomic mass is 10.2. The zero-order chi connectivity index (χ0) is 17.5. The minimum Gasteiger partial charge on any atom is -0.618 e. The molecule has 0 aliphatic rings. The van der Waals surface area contributed by atoms with Crippen LogP contribution in [-0.4, -0.2) is 23.2 Å². The molecular weight excluding hydrogens is 334 g/mol. The Morgan fingerprint density at radius 1 is 1.38 bits per heavy atom. The van der Waals surface area contributed by atoms with Crippen LogP contribution in [0.15, 0.2) is 47.6 Å². The maximum absolute atomic E-state index is 12.0. The van der Waals surface area contributed by atoms with Crippen molar-refractivity contribution in [2.24, 2.45) is 0 Å². The number of nitro benzene ring substituents is 1. The highest BCUT2D eigenvalue weighted by atomic mass is 32.2. The number of pyridine rings is 1. The first-order valence-corrected chi connectivity index (χ1v) is 8.02. The second-order valence-corrected chi connectivity index (χ2v) is 5.57. The molecular formula is C15H15N3O5S. The van der Waals surface area contributed by atoms with E-state index in [0.717, 1.165) is 11.8 Å². The van der Waals surface area contributed by atoms with Crippen molar-refractivity contribution in [3.63, 3.8) is 0 Å². The van der Waals surface area contributed by atoms with E-state index in [1.807, 2.05) is 0 Å². The second-order valence-electron chi connectivity index (χ2n) is 4.57. The number of hydrogen-bond acceptors (Lipinski definition) is 6. The summed E-state index contributed by atoms with van der Waals surface area (Å²) < 4.78 is 5.87. The molecule has 0 saturated carbocycles. The number of amides is 1. The standard InChI is InChI=1S/C15H15N3O5S/c1-2-23-11-6-7-12(13(9-11)18(21)22)16-14(19)10-24-15-5-3-4-8-17(15)20/h3-9H,2,10H2,1H3,(H,16,19). The number of anilines is 1. The van der Waals surface area contributed by atoms with Crippen LogP contribution < -0.4 is 14.8 Å². The highest BCUT2D eigenvalue weighted by molar-refractivity contribution is 7.99. The zero-order valence-electron chi connectivity index (χ0n) is 12.8. The monoisotopic (exact) mass is 349 g/mol. The van der Waals surface area contributed by atoms with Gasteiger partial charge in [0.1, 0.15) is 11.4 Å². The van der Waals surface area contributed by atoms with Crippen molar-refractivity contribution in [2.45, 2.75) is 11.9 Å².